The van der Waals surface area contributed by atoms with Crippen molar-refractivity contribution in [2.24, 2.45) is 0 Å². The minimum atomic E-state index is -3.77. The van der Waals surface area contributed by atoms with Crippen molar-refractivity contribution in [3.8, 4) is 0 Å². The van der Waals surface area contributed by atoms with Crippen LogP contribution in [0, 0.1) is 0 Å². The molecule has 1 fully saturated rings. The van der Waals surface area contributed by atoms with Crippen LogP contribution in [0.4, 0.5) is 10.5 Å². The predicted molar refractivity (Wildman–Crippen MR) is 101 cm³/mol. The number of carbonyl (C=O) groups is 2. The van der Waals surface area contributed by atoms with Crippen molar-refractivity contribution in [1.82, 2.24) is 14.9 Å². The van der Waals surface area contributed by atoms with Gasteiger partial charge in [-0.3, -0.25) is 10.1 Å². The number of benzene rings is 1. The number of halogens is 1. The molecule has 9 nitrogen and oxygen atoms in total. The molecule has 3 N–H and O–H groups in total. The predicted octanol–water partition coefficient (Wildman–Crippen LogP) is 1.01. The molecule has 11 heteroatoms. The lowest BCUT2D eigenvalue weighted by Gasteiger charge is -2.26. The number of rotatable bonds is 6. The van der Waals surface area contributed by atoms with Crippen LogP contribution in [0.15, 0.2) is 23.1 Å². The molecule has 1 aromatic rings. The van der Waals surface area contributed by atoms with E-state index in [1.54, 1.807) is 19.9 Å². The Morgan fingerprint density at radius 2 is 1.93 bits per heavy atom. The summed E-state index contributed by atoms with van der Waals surface area (Å²) >= 11 is 6.08. The summed E-state index contributed by atoms with van der Waals surface area (Å²) in [5.74, 6) is -0.555. The van der Waals surface area contributed by atoms with E-state index in [9.17, 15) is 18.0 Å². The molecule has 1 aromatic carbocycles. The topological polar surface area (TPSA) is 117 Å². The molecule has 1 heterocycles. The number of carbonyl (C=O) groups excluding carboxylic acids is 2. The zero-order valence-electron chi connectivity index (χ0n) is 15.1. The fraction of sp³-hybridized carbons (Fsp3) is 0.500. The molecule has 0 unspecified atom stereocenters. The summed E-state index contributed by atoms with van der Waals surface area (Å²) in [6.45, 7) is 4.50. The van der Waals surface area contributed by atoms with E-state index in [1.807, 2.05) is 0 Å². The van der Waals surface area contributed by atoms with Crippen LogP contribution in [0.5, 0.6) is 0 Å². The molecule has 150 valence electrons. The first-order chi connectivity index (χ1) is 12.7. The summed E-state index contributed by atoms with van der Waals surface area (Å²) in [5.41, 5.74) is 0.394. The SMILES string of the molecule is CC(C)NC(=O)NC(=O)CNc1ccc(Cl)c(S(=O)(=O)N2CCOCC2)c1. The third-order valence-electron chi connectivity index (χ3n) is 3.64. The van der Waals surface area contributed by atoms with Gasteiger partial charge >= 0.3 is 6.03 Å². The Bertz CT molecular complexity index is 794. The lowest BCUT2D eigenvalue weighted by atomic mass is 10.3. The second-order valence-corrected chi connectivity index (χ2v) is 8.51. The normalized spacial score (nSPS) is 15.4. The van der Waals surface area contributed by atoms with Crippen molar-refractivity contribution in [3.05, 3.63) is 23.2 Å². The highest BCUT2D eigenvalue weighted by Crippen LogP contribution is 2.28. The fourth-order valence-electron chi connectivity index (χ4n) is 2.39. The standard InChI is InChI=1S/C16H23ClN4O5S/c1-11(2)19-16(23)20-15(22)10-18-12-3-4-13(17)14(9-12)27(24,25)21-5-7-26-8-6-21/h3-4,9,11,18H,5-8,10H2,1-2H3,(H2,19,20,22,23). The summed E-state index contributed by atoms with van der Waals surface area (Å²) < 4.78 is 32.0. The molecule has 0 bridgehead atoms. The van der Waals surface area contributed by atoms with E-state index < -0.39 is 22.0 Å². The van der Waals surface area contributed by atoms with Crippen molar-refractivity contribution in [1.29, 1.82) is 0 Å². The molecule has 0 radical (unpaired) electrons. The Kier molecular flexibility index (Phi) is 7.42. The van der Waals surface area contributed by atoms with Crippen LogP contribution in [0.25, 0.3) is 0 Å². The van der Waals surface area contributed by atoms with Crippen molar-refractivity contribution < 1.29 is 22.7 Å². The molecule has 0 saturated carbocycles. The summed E-state index contributed by atoms with van der Waals surface area (Å²) in [4.78, 5) is 23.3. The average molecular weight is 419 g/mol. The Labute approximate surface area is 163 Å². The van der Waals surface area contributed by atoms with Gasteiger partial charge in [0.15, 0.2) is 0 Å². The van der Waals surface area contributed by atoms with Crippen LogP contribution in [0.2, 0.25) is 5.02 Å². The molecular weight excluding hydrogens is 396 g/mol. The number of ether oxygens (including phenoxy) is 1. The highest BCUT2D eigenvalue weighted by molar-refractivity contribution is 7.89. The van der Waals surface area contributed by atoms with Gasteiger partial charge in [-0.25, -0.2) is 13.2 Å². The van der Waals surface area contributed by atoms with Gasteiger partial charge in [-0.1, -0.05) is 11.6 Å². The van der Waals surface area contributed by atoms with Gasteiger partial charge in [0.05, 0.1) is 24.8 Å². The average Bonchev–Trinajstić information content (AvgIpc) is 2.60. The van der Waals surface area contributed by atoms with Gasteiger partial charge in [0.25, 0.3) is 0 Å². The largest absolute Gasteiger partial charge is 0.379 e. The molecule has 2 rings (SSSR count). The molecular formula is C16H23ClN4O5S. The van der Waals surface area contributed by atoms with Gasteiger partial charge in [0, 0.05) is 24.8 Å². The van der Waals surface area contributed by atoms with Crippen molar-refractivity contribution in [2.75, 3.05) is 38.2 Å². The van der Waals surface area contributed by atoms with Gasteiger partial charge in [0.1, 0.15) is 4.90 Å². The van der Waals surface area contributed by atoms with Gasteiger partial charge in [0.2, 0.25) is 15.9 Å². The highest BCUT2D eigenvalue weighted by Gasteiger charge is 2.28. The third-order valence-corrected chi connectivity index (χ3v) is 6.03. The van der Waals surface area contributed by atoms with E-state index in [0.29, 0.717) is 18.9 Å². The summed E-state index contributed by atoms with van der Waals surface area (Å²) in [6, 6.07) is 3.68. The summed E-state index contributed by atoms with van der Waals surface area (Å²) in [7, 11) is -3.77. The monoisotopic (exact) mass is 418 g/mol. The lowest BCUT2D eigenvalue weighted by molar-refractivity contribution is -0.118. The van der Waals surface area contributed by atoms with Gasteiger partial charge in [-0.05, 0) is 32.0 Å². The second-order valence-electron chi connectivity index (χ2n) is 6.19. The van der Waals surface area contributed by atoms with Crippen LogP contribution in [-0.4, -0.2) is 63.6 Å². The molecule has 3 amide bonds. The first-order valence-corrected chi connectivity index (χ1v) is 10.2. The number of urea groups is 1. The van der Waals surface area contributed by atoms with Crippen LogP contribution >= 0.6 is 11.6 Å². The number of anilines is 1. The Balaban J connectivity index is 2.04. The van der Waals surface area contributed by atoms with E-state index in [4.69, 9.17) is 16.3 Å². The number of nitrogens with one attached hydrogen (secondary N) is 3. The quantitative estimate of drug-likeness (QED) is 0.634. The maximum absolute atomic E-state index is 12.8. The number of hydrogen-bond acceptors (Lipinski definition) is 6. The van der Waals surface area contributed by atoms with Crippen LogP contribution < -0.4 is 16.0 Å². The first kappa shape index (κ1) is 21.4. The molecule has 1 aliphatic rings. The molecule has 1 aliphatic heterocycles. The number of imide groups is 1. The maximum atomic E-state index is 12.8. The minimum Gasteiger partial charge on any atom is -0.379 e. The Hall–Kier alpha value is -1.88. The highest BCUT2D eigenvalue weighted by atomic mass is 35.5. The number of nitrogens with zero attached hydrogens (tertiary/aromatic N) is 1. The lowest BCUT2D eigenvalue weighted by Crippen LogP contribution is -2.44. The number of amides is 3. The molecule has 0 spiro atoms. The van der Waals surface area contributed by atoms with Gasteiger partial charge in [-0.2, -0.15) is 4.31 Å². The van der Waals surface area contributed by atoms with Crippen molar-refractivity contribution in [2.45, 2.75) is 24.8 Å². The van der Waals surface area contributed by atoms with E-state index in [1.165, 1.54) is 16.4 Å². The van der Waals surface area contributed by atoms with E-state index >= 15 is 0 Å². The number of sulfonamides is 1. The molecule has 27 heavy (non-hydrogen) atoms. The molecule has 0 aromatic heterocycles. The minimum absolute atomic E-state index is 0.0472. The first-order valence-electron chi connectivity index (χ1n) is 8.42. The van der Waals surface area contributed by atoms with Crippen molar-refractivity contribution in [3.63, 3.8) is 0 Å². The van der Waals surface area contributed by atoms with Crippen molar-refractivity contribution >= 4 is 39.2 Å². The van der Waals surface area contributed by atoms with Crippen LogP contribution in [-0.2, 0) is 19.6 Å². The Morgan fingerprint density at radius 1 is 1.26 bits per heavy atom. The van der Waals surface area contributed by atoms with Gasteiger partial charge in [-0.15, -0.1) is 0 Å². The second kappa shape index (κ2) is 9.36. The van der Waals surface area contributed by atoms with E-state index in [0.717, 1.165) is 0 Å². The van der Waals surface area contributed by atoms with Crippen LogP contribution in [0.1, 0.15) is 13.8 Å². The van der Waals surface area contributed by atoms with E-state index in [2.05, 4.69) is 16.0 Å². The zero-order valence-corrected chi connectivity index (χ0v) is 16.7. The summed E-state index contributed by atoms with van der Waals surface area (Å²) in [6.07, 6.45) is 0. The molecule has 1 saturated heterocycles. The number of hydrogen-bond donors (Lipinski definition) is 3. The Morgan fingerprint density at radius 3 is 2.56 bits per heavy atom. The third kappa shape index (κ3) is 6.06. The number of morpholine rings is 1. The molecule has 0 atom stereocenters. The van der Waals surface area contributed by atoms with Crippen LogP contribution in [0.3, 0.4) is 0 Å². The zero-order chi connectivity index (χ0) is 20.0. The molecule has 0 aliphatic carbocycles. The van der Waals surface area contributed by atoms with Gasteiger partial charge < -0.3 is 15.4 Å². The maximum Gasteiger partial charge on any atom is 0.321 e. The van der Waals surface area contributed by atoms with E-state index in [-0.39, 0.29) is 35.6 Å². The smallest absolute Gasteiger partial charge is 0.321 e. The fourth-order valence-corrected chi connectivity index (χ4v) is 4.30. The summed E-state index contributed by atoms with van der Waals surface area (Å²) in [5, 5.41) is 7.58.